The molecular weight excluding hydrogens is 252 g/mol. The smallest absolute Gasteiger partial charge is 0.262 e. The lowest BCUT2D eigenvalue weighted by atomic mass is 9.86. The van der Waals surface area contributed by atoms with E-state index < -0.39 is 0 Å². The number of hydrogen-bond donors (Lipinski definition) is 1. The first-order valence-electron chi connectivity index (χ1n) is 7.09. The van der Waals surface area contributed by atoms with Crippen LogP contribution in [0.3, 0.4) is 0 Å². The molecule has 1 heterocycles. The summed E-state index contributed by atoms with van der Waals surface area (Å²) in [6, 6.07) is 5.69. The molecule has 0 unspecified atom stereocenters. The van der Waals surface area contributed by atoms with Gasteiger partial charge in [0, 0.05) is 12.1 Å². The van der Waals surface area contributed by atoms with Gasteiger partial charge in [0.25, 0.3) is 5.91 Å². The van der Waals surface area contributed by atoms with E-state index in [0.29, 0.717) is 11.7 Å². The summed E-state index contributed by atoms with van der Waals surface area (Å²) in [6.45, 7) is 3.98. The van der Waals surface area contributed by atoms with Crippen molar-refractivity contribution < 1.29 is 9.21 Å². The van der Waals surface area contributed by atoms with Crippen LogP contribution in [-0.4, -0.2) is 11.9 Å². The molecule has 4 nitrogen and oxygen atoms in total. The minimum absolute atomic E-state index is 0.0946. The van der Waals surface area contributed by atoms with Gasteiger partial charge in [-0.15, -0.1) is 0 Å². The number of nitriles is 1. The van der Waals surface area contributed by atoms with Crippen LogP contribution in [0.5, 0.6) is 0 Å². The summed E-state index contributed by atoms with van der Waals surface area (Å²) in [5, 5.41) is 12.1. The number of carbonyl (C=O) groups is 1. The maximum Gasteiger partial charge on any atom is 0.262 e. The van der Waals surface area contributed by atoms with Gasteiger partial charge in [-0.3, -0.25) is 4.79 Å². The average molecular weight is 272 g/mol. The number of nitrogens with one attached hydrogen (secondary N) is 1. The fourth-order valence-corrected chi connectivity index (χ4v) is 2.60. The zero-order valence-electron chi connectivity index (χ0n) is 12.0. The van der Waals surface area contributed by atoms with Crippen LogP contribution in [0.1, 0.15) is 44.1 Å². The molecule has 2 rings (SSSR count). The molecule has 1 aliphatic carbocycles. The van der Waals surface area contributed by atoms with E-state index in [-0.39, 0.29) is 17.5 Å². The van der Waals surface area contributed by atoms with E-state index in [4.69, 9.17) is 9.68 Å². The van der Waals surface area contributed by atoms with E-state index in [1.165, 1.54) is 12.5 Å². The number of aryl methyl sites for hydroxylation is 1. The lowest BCUT2D eigenvalue weighted by molar-refractivity contribution is -0.118. The lowest BCUT2D eigenvalue weighted by Gasteiger charge is -2.29. The summed E-state index contributed by atoms with van der Waals surface area (Å²) in [6.07, 6.45) is 5.98. The molecule has 1 N–H and O–H groups in total. The van der Waals surface area contributed by atoms with Crippen molar-refractivity contribution in [1.29, 1.82) is 5.26 Å². The zero-order chi connectivity index (χ0) is 14.5. The Morgan fingerprint density at radius 3 is 2.80 bits per heavy atom. The SMILES string of the molecule is Cc1ccc(/C=C(/C#N)C(=O)N[C@H]2CCCC[C@@H]2C)o1. The normalized spacial score (nSPS) is 23.1. The monoisotopic (exact) mass is 272 g/mol. The van der Waals surface area contributed by atoms with Crippen molar-refractivity contribution in [2.75, 3.05) is 0 Å². The van der Waals surface area contributed by atoms with Crippen LogP contribution in [0.15, 0.2) is 22.1 Å². The molecule has 0 aliphatic heterocycles. The molecular formula is C16H20N2O2. The van der Waals surface area contributed by atoms with Gasteiger partial charge in [0.05, 0.1) is 0 Å². The molecule has 20 heavy (non-hydrogen) atoms. The first-order valence-corrected chi connectivity index (χ1v) is 7.09. The van der Waals surface area contributed by atoms with Crippen molar-refractivity contribution >= 4 is 12.0 Å². The highest BCUT2D eigenvalue weighted by Crippen LogP contribution is 2.24. The Hall–Kier alpha value is -2.02. The second kappa shape index (κ2) is 6.42. The largest absolute Gasteiger partial charge is 0.462 e. The second-order valence-electron chi connectivity index (χ2n) is 5.46. The summed E-state index contributed by atoms with van der Waals surface area (Å²) < 4.78 is 5.37. The second-order valence-corrected chi connectivity index (χ2v) is 5.46. The number of amides is 1. The van der Waals surface area contributed by atoms with E-state index in [1.54, 1.807) is 6.07 Å². The molecule has 0 radical (unpaired) electrons. The lowest BCUT2D eigenvalue weighted by Crippen LogP contribution is -2.41. The summed E-state index contributed by atoms with van der Waals surface area (Å²) in [4.78, 5) is 12.2. The standard InChI is InChI=1S/C16H20N2O2/c1-11-5-3-4-6-15(11)18-16(19)13(10-17)9-14-8-7-12(2)20-14/h7-9,11,15H,3-6H2,1-2H3,(H,18,19)/b13-9-/t11-,15-/m0/s1. The van der Waals surface area contributed by atoms with Gasteiger partial charge >= 0.3 is 0 Å². The summed E-state index contributed by atoms with van der Waals surface area (Å²) in [5.41, 5.74) is 0.0946. The van der Waals surface area contributed by atoms with E-state index in [2.05, 4.69) is 12.2 Å². The molecule has 1 amide bonds. The Balaban J connectivity index is 2.06. The van der Waals surface area contributed by atoms with Gasteiger partial charge in [-0.05, 0) is 37.8 Å². The molecule has 4 heteroatoms. The van der Waals surface area contributed by atoms with Gasteiger partial charge in [0.2, 0.25) is 0 Å². The number of carbonyl (C=O) groups excluding carboxylic acids is 1. The number of nitrogens with zero attached hydrogens (tertiary/aromatic N) is 1. The van der Waals surface area contributed by atoms with Crippen molar-refractivity contribution in [2.45, 2.75) is 45.6 Å². The van der Waals surface area contributed by atoms with E-state index in [1.807, 2.05) is 19.1 Å². The molecule has 1 saturated carbocycles. The molecule has 0 bridgehead atoms. The summed E-state index contributed by atoms with van der Waals surface area (Å²) in [7, 11) is 0. The maximum atomic E-state index is 12.2. The molecule has 0 spiro atoms. The van der Waals surface area contributed by atoms with Gasteiger partial charge in [0.15, 0.2) is 0 Å². The van der Waals surface area contributed by atoms with Crippen molar-refractivity contribution in [3.63, 3.8) is 0 Å². The average Bonchev–Trinajstić information content (AvgIpc) is 2.84. The van der Waals surface area contributed by atoms with Crippen molar-refractivity contribution in [2.24, 2.45) is 5.92 Å². The van der Waals surface area contributed by atoms with Crippen LogP contribution >= 0.6 is 0 Å². The predicted molar refractivity (Wildman–Crippen MR) is 76.6 cm³/mol. The van der Waals surface area contributed by atoms with Crippen LogP contribution < -0.4 is 5.32 Å². The van der Waals surface area contributed by atoms with E-state index >= 15 is 0 Å². The first kappa shape index (κ1) is 14.4. The molecule has 1 aliphatic rings. The third-order valence-corrected chi connectivity index (χ3v) is 3.84. The predicted octanol–water partition coefficient (Wildman–Crippen LogP) is 3.19. The highest BCUT2D eigenvalue weighted by molar-refractivity contribution is 6.01. The van der Waals surface area contributed by atoms with Crippen LogP contribution in [0.4, 0.5) is 0 Å². The zero-order valence-corrected chi connectivity index (χ0v) is 12.0. The van der Waals surface area contributed by atoms with Crippen LogP contribution in [0.2, 0.25) is 0 Å². The van der Waals surface area contributed by atoms with Crippen LogP contribution in [0.25, 0.3) is 6.08 Å². The highest BCUT2D eigenvalue weighted by atomic mass is 16.3. The van der Waals surface area contributed by atoms with Crippen molar-refractivity contribution in [1.82, 2.24) is 5.32 Å². The quantitative estimate of drug-likeness (QED) is 0.678. The number of rotatable bonds is 3. The van der Waals surface area contributed by atoms with E-state index in [0.717, 1.165) is 25.0 Å². The highest BCUT2D eigenvalue weighted by Gasteiger charge is 2.24. The topological polar surface area (TPSA) is 66.0 Å². The molecule has 1 aromatic rings. The Morgan fingerprint density at radius 1 is 1.45 bits per heavy atom. The van der Waals surface area contributed by atoms with Crippen molar-refractivity contribution in [3.05, 3.63) is 29.2 Å². The fourth-order valence-electron chi connectivity index (χ4n) is 2.60. The molecule has 0 aromatic carbocycles. The first-order chi connectivity index (χ1) is 9.60. The van der Waals surface area contributed by atoms with Gasteiger partial charge in [0.1, 0.15) is 23.2 Å². The number of furan rings is 1. The van der Waals surface area contributed by atoms with Gasteiger partial charge in [-0.25, -0.2) is 0 Å². The minimum atomic E-state index is -0.305. The van der Waals surface area contributed by atoms with Gasteiger partial charge in [-0.1, -0.05) is 19.8 Å². The number of hydrogen-bond acceptors (Lipinski definition) is 3. The Bertz CT molecular complexity index is 551. The molecule has 1 aromatic heterocycles. The fraction of sp³-hybridized carbons (Fsp3) is 0.500. The Kier molecular flexibility index (Phi) is 4.62. The maximum absolute atomic E-state index is 12.2. The Morgan fingerprint density at radius 2 is 2.20 bits per heavy atom. The van der Waals surface area contributed by atoms with Crippen LogP contribution in [-0.2, 0) is 4.79 Å². The summed E-state index contributed by atoms with van der Waals surface area (Å²) >= 11 is 0. The van der Waals surface area contributed by atoms with Crippen LogP contribution in [0, 0.1) is 24.2 Å². The third kappa shape index (κ3) is 3.51. The minimum Gasteiger partial charge on any atom is -0.462 e. The van der Waals surface area contributed by atoms with Crippen molar-refractivity contribution in [3.8, 4) is 6.07 Å². The van der Waals surface area contributed by atoms with E-state index in [9.17, 15) is 4.79 Å². The molecule has 2 atom stereocenters. The van der Waals surface area contributed by atoms with Gasteiger partial charge < -0.3 is 9.73 Å². The molecule has 0 saturated heterocycles. The molecule has 1 fully saturated rings. The van der Waals surface area contributed by atoms with Gasteiger partial charge in [-0.2, -0.15) is 5.26 Å². The Labute approximate surface area is 119 Å². The molecule has 106 valence electrons. The third-order valence-electron chi connectivity index (χ3n) is 3.84. The summed E-state index contributed by atoms with van der Waals surface area (Å²) in [5.74, 6) is 1.46.